The lowest BCUT2D eigenvalue weighted by atomic mass is 10.1. The van der Waals surface area contributed by atoms with Crippen molar-refractivity contribution < 1.29 is 23.3 Å². The summed E-state index contributed by atoms with van der Waals surface area (Å²) in [6, 6.07) is 9.70. The van der Waals surface area contributed by atoms with E-state index in [1.54, 1.807) is 46.6 Å². The largest absolute Gasteiger partial charge is 0.496 e. The number of benzene rings is 2. The van der Waals surface area contributed by atoms with Crippen molar-refractivity contribution in [2.24, 2.45) is 4.99 Å². The van der Waals surface area contributed by atoms with E-state index in [1.807, 2.05) is 13.0 Å². The normalized spacial score (nSPS) is 11.7. The molecule has 0 bridgehead atoms. The summed E-state index contributed by atoms with van der Waals surface area (Å²) in [5.41, 5.74) is 0.886. The maximum absolute atomic E-state index is 13.3. The Hall–Kier alpha value is -2.43. The number of halogens is 2. The van der Waals surface area contributed by atoms with Crippen molar-refractivity contribution in [3.05, 3.63) is 47.8 Å². The molecule has 0 amide bonds. The Bertz CT molecular complexity index is 836. The highest BCUT2D eigenvalue weighted by atomic mass is 127. The molecule has 0 aliphatic rings. The molecule has 0 aliphatic carbocycles. The van der Waals surface area contributed by atoms with Crippen molar-refractivity contribution in [3.8, 4) is 23.0 Å². The molecule has 7 nitrogen and oxygen atoms in total. The third kappa shape index (κ3) is 7.43. The summed E-state index contributed by atoms with van der Waals surface area (Å²) in [7, 11) is 6.44. The highest BCUT2D eigenvalue weighted by Crippen LogP contribution is 2.34. The van der Waals surface area contributed by atoms with E-state index in [2.05, 4.69) is 15.6 Å². The predicted molar refractivity (Wildman–Crippen MR) is 126 cm³/mol. The molecule has 30 heavy (non-hydrogen) atoms. The van der Waals surface area contributed by atoms with Crippen molar-refractivity contribution in [1.82, 2.24) is 10.6 Å². The molecule has 0 aliphatic heterocycles. The second-order valence-electron chi connectivity index (χ2n) is 6.21. The van der Waals surface area contributed by atoms with Crippen LogP contribution in [0.25, 0.3) is 0 Å². The van der Waals surface area contributed by atoms with Crippen LogP contribution >= 0.6 is 24.0 Å². The van der Waals surface area contributed by atoms with Gasteiger partial charge in [0.2, 0.25) is 0 Å². The van der Waals surface area contributed by atoms with Gasteiger partial charge in [0.1, 0.15) is 23.4 Å². The van der Waals surface area contributed by atoms with Crippen LogP contribution in [-0.4, -0.2) is 47.0 Å². The zero-order valence-electron chi connectivity index (χ0n) is 17.8. The summed E-state index contributed by atoms with van der Waals surface area (Å²) in [4.78, 5) is 4.21. The highest BCUT2D eigenvalue weighted by Gasteiger charge is 2.13. The molecule has 1 unspecified atom stereocenters. The molecule has 166 valence electrons. The summed E-state index contributed by atoms with van der Waals surface area (Å²) in [5.74, 6) is 2.63. The number of nitrogens with zero attached hydrogens (tertiary/aromatic N) is 1. The molecule has 0 heterocycles. The molecule has 2 N–H and O–H groups in total. The molecule has 0 aromatic heterocycles. The van der Waals surface area contributed by atoms with E-state index < -0.39 is 0 Å². The van der Waals surface area contributed by atoms with E-state index in [-0.39, 0.29) is 35.9 Å². The monoisotopic (exact) mass is 533 g/mol. The van der Waals surface area contributed by atoms with Gasteiger partial charge in [-0.05, 0) is 25.1 Å². The number of guanidine groups is 1. The van der Waals surface area contributed by atoms with E-state index >= 15 is 0 Å². The topological polar surface area (TPSA) is 73.3 Å². The number of methoxy groups -OCH3 is 3. The van der Waals surface area contributed by atoms with E-state index in [9.17, 15) is 4.39 Å². The third-order valence-corrected chi connectivity index (χ3v) is 4.15. The van der Waals surface area contributed by atoms with Crippen LogP contribution in [0.1, 0.15) is 12.5 Å². The Morgan fingerprint density at radius 1 is 1.00 bits per heavy atom. The molecule has 0 spiro atoms. The van der Waals surface area contributed by atoms with Gasteiger partial charge < -0.3 is 29.6 Å². The average Bonchev–Trinajstić information content (AvgIpc) is 2.73. The van der Waals surface area contributed by atoms with E-state index in [0.717, 1.165) is 5.56 Å². The standard InChI is InChI=1S/C21H28FN3O4.HI/c1-14(29-17-8-6-7-16(22)10-17)12-24-21(23-2)25-13-15-9-19(27-4)20(28-5)11-18(15)26-3;/h6-11,14H,12-13H2,1-5H3,(H2,23,24,25);1H. The molecule has 2 aromatic rings. The number of hydrogen-bond acceptors (Lipinski definition) is 5. The fourth-order valence-electron chi connectivity index (χ4n) is 2.68. The molecule has 9 heteroatoms. The lowest BCUT2D eigenvalue weighted by molar-refractivity contribution is 0.223. The third-order valence-electron chi connectivity index (χ3n) is 4.15. The lowest BCUT2D eigenvalue weighted by Gasteiger charge is -2.19. The zero-order chi connectivity index (χ0) is 21.2. The maximum Gasteiger partial charge on any atom is 0.191 e. The minimum absolute atomic E-state index is 0. The SMILES string of the molecule is CN=C(NCc1cc(OC)c(OC)cc1OC)NCC(C)Oc1cccc(F)c1.I. The molecule has 1 atom stereocenters. The first kappa shape index (κ1) is 25.6. The fraction of sp³-hybridized carbons (Fsp3) is 0.381. The van der Waals surface area contributed by atoms with Gasteiger partial charge in [0.25, 0.3) is 0 Å². The van der Waals surface area contributed by atoms with Gasteiger partial charge in [0.05, 0.1) is 27.9 Å². The smallest absolute Gasteiger partial charge is 0.191 e. The molecule has 0 saturated heterocycles. The van der Waals surface area contributed by atoms with Gasteiger partial charge in [-0.2, -0.15) is 0 Å². The van der Waals surface area contributed by atoms with Gasteiger partial charge in [0.15, 0.2) is 17.5 Å². The molecular formula is C21H29FIN3O4. The second kappa shape index (κ2) is 13.0. The van der Waals surface area contributed by atoms with E-state index in [0.29, 0.717) is 42.0 Å². The van der Waals surface area contributed by atoms with Gasteiger partial charge >= 0.3 is 0 Å². The quantitative estimate of drug-likeness (QED) is 0.292. The summed E-state index contributed by atoms with van der Waals surface area (Å²) >= 11 is 0. The van der Waals surface area contributed by atoms with Crippen molar-refractivity contribution in [2.45, 2.75) is 19.6 Å². The van der Waals surface area contributed by atoms with E-state index in [1.165, 1.54) is 12.1 Å². The minimum atomic E-state index is -0.330. The summed E-state index contributed by atoms with van der Waals surface area (Å²) < 4.78 is 35.1. The van der Waals surface area contributed by atoms with Crippen LogP contribution in [0.3, 0.4) is 0 Å². The maximum atomic E-state index is 13.3. The van der Waals surface area contributed by atoms with Gasteiger partial charge in [-0.1, -0.05) is 6.07 Å². The first-order valence-electron chi connectivity index (χ1n) is 9.16. The average molecular weight is 533 g/mol. The Morgan fingerprint density at radius 3 is 2.27 bits per heavy atom. The number of ether oxygens (including phenoxy) is 4. The van der Waals surface area contributed by atoms with Crippen molar-refractivity contribution >= 4 is 29.9 Å². The van der Waals surface area contributed by atoms with Gasteiger partial charge in [-0.15, -0.1) is 24.0 Å². The predicted octanol–water partition coefficient (Wildman–Crippen LogP) is 3.60. The minimum Gasteiger partial charge on any atom is -0.496 e. The van der Waals surface area contributed by atoms with Crippen LogP contribution in [0.4, 0.5) is 4.39 Å². The summed E-state index contributed by atoms with van der Waals surface area (Å²) in [6.07, 6.45) is -0.189. The molecule has 2 aromatic carbocycles. The van der Waals surface area contributed by atoms with E-state index in [4.69, 9.17) is 18.9 Å². The Kier molecular flexibility index (Phi) is 11.1. The number of nitrogens with one attached hydrogen (secondary N) is 2. The van der Waals surface area contributed by atoms with Crippen LogP contribution in [0, 0.1) is 5.82 Å². The first-order chi connectivity index (χ1) is 14.0. The Morgan fingerprint density at radius 2 is 1.67 bits per heavy atom. The lowest BCUT2D eigenvalue weighted by Crippen LogP contribution is -2.41. The van der Waals surface area contributed by atoms with Crippen LogP contribution in [-0.2, 0) is 6.54 Å². The van der Waals surface area contributed by atoms with Crippen LogP contribution < -0.4 is 29.6 Å². The Labute approximate surface area is 194 Å². The van der Waals surface area contributed by atoms with Crippen LogP contribution in [0.5, 0.6) is 23.0 Å². The molecule has 0 fully saturated rings. The van der Waals surface area contributed by atoms with Gasteiger partial charge in [0, 0.05) is 31.3 Å². The summed E-state index contributed by atoms with van der Waals surface area (Å²) in [5, 5.41) is 6.41. The molecule has 2 rings (SSSR count). The molecular weight excluding hydrogens is 504 g/mol. The fourth-order valence-corrected chi connectivity index (χ4v) is 2.68. The van der Waals surface area contributed by atoms with Crippen LogP contribution in [0.15, 0.2) is 41.4 Å². The summed E-state index contributed by atoms with van der Waals surface area (Å²) in [6.45, 7) is 2.84. The van der Waals surface area contributed by atoms with Crippen molar-refractivity contribution in [3.63, 3.8) is 0 Å². The second-order valence-corrected chi connectivity index (χ2v) is 6.21. The van der Waals surface area contributed by atoms with Gasteiger partial charge in [-0.3, -0.25) is 4.99 Å². The van der Waals surface area contributed by atoms with Crippen molar-refractivity contribution in [1.29, 1.82) is 0 Å². The van der Waals surface area contributed by atoms with Crippen molar-refractivity contribution in [2.75, 3.05) is 34.9 Å². The highest BCUT2D eigenvalue weighted by molar-refractivity contribution is 14.0. The molecule has 0 saturated carbocycles. The number of hydrogen-bond donors (Lipinski definition) is 2. The Balaban J connectivity index is 0.00000450. The number of rotatable bonds is 9. The molecule has 0 radical (unpaired) electrons. The first-order valence-corrected chi connectivity index (χ1v) is 9.16. The van der Waals surface area contributed by atoms with Gasteiger partial charge in [-0.25, -0.2) is 4.39 Å². The zero-order valence-corrected chi connectivity index (χ0v) is 20.2. The number of aliphatic imine (C=N–C) groups is 1. The van der Waals surface area contributed by atoms with Crippen LogP contribution in [0.2, 0.25) is 0 Å².